The lowest BCUT2D eigenvalue weighted by molar-refractivity contribution is -0.134. The molecule has 0 radical (unpaired) electrons. The minimum Gasteiger partial charge on any atom is -0.341 e. The lowest BCUT2D eigenvalue weighted by Gasteiger charge is -2.34. The molecule has 0 bridgehead atoms. The number of rotatable bonds is 6. The van der Waals surface area contributed by atoms with Crippen molar-refractivity contribution in [2.75, 3.05) is 25.9 Å². The van der Waals surface area contributed by atoms with Gasteiger partial charge in [-0.3, -0.25) is 4.79 Å². The zero-order valence-electron chi connectivity index (χ0n) is 12.6. The molecule has 1 rings (SSSR count). The maximum absolute atomic E-state index is 12.2. The second kappa shape index (κ2) is 7.38. The molecule has 20 heavy (non-hydrogen) atoms. The van der Waals surface area contributed by atoms with Crippen molar-refractivity contribution in [3.63, 3.8) is 0 Å². The van der Waals surface area contributed by atoms with Crippen LogP contribution >= 0.6 is 0 Å². The van der Waals surface area contributed by atoms with Crippen molar-refractivity contribution in [1.29, 1.82) is 0 Å². The first-order chi connectivity index (χ1) is 9.19. The van der Waals surface area contributed by atoms with E-state index in [0.29, 0.717) is 25.4 Å². The van der Waals surface area contributed by atoms with Crippen molar-refractivity contribution in [3.05, 3.63) is 0 Å². The van der Waals surface area contributed by atoms with Gasteiger partial charge in [0.2, 0.25) is 15.9 Å². The van der Waals surface area contributed by atoms with Gasteiger partial charge in [0.05, 0.1) is 12.3 Å². The maximum atomic E-state index is 12.2. The number of likely N-dealkylation sites (tertiary alicyclic amines) is 1. The highest BCUT2D eigenvalue weighted by molar-refractivity contribution is 7.88. The smallest absolute Gasteiger partial charge is 0.239 e. The Hall–Kier alpha value is -0.660. The molecule has 1 aliphatic rings. The summed E-state index contributed by atoms with van der Waals surface area (Å²) in [7, 11) is -3.17. The van der Waals surface area contributed by atoms with Crippen molar-refractivity contribution in [2.45, 2.75) is 39.2 Å². The Morgan fingerprint density at radius 1 is 1.45 bits per heavy atom. The summed E-state index contributed by atoms with van der Waals surface area (Å²) < 4.78 is 24.7. The van der Waals surface area contributed by atoms with Crippen LogP contribution in [0.25, 0.3) is 0 Å². The molecule has 118 valence electrons. The summed E-state index contributed by atoms with van der Waals surface area (Å²) in [6.45, 7) is 5.79. The van der Waals surface area contributed by atoms with E-state index in [0.717, 1.165) is 25.6 Å². The molecule has 6 nitrogen and oxygen atoms in total. The molecule has 2 atom stereocenters. The molecule has 2 unspecified atom stereocenters. The molecule has 0 aromatic carbocycles. The summed E-state index contributed by atoms with van der Waals surface area (Å²) in [6, 6.07) is -0.448. The minimum atomic E-state index is -3.17. The number of hydrogen-bond donors (Lipinski definition) is 2. The van der Waals surface area contributed by atoms with Gasteiger partial charge in [-0.15, -0.1) is 0 Å². The first-order valence-electron chi connectivity index (χ1n) is 7.18. The monoisotopic (exact) mass is 305 g/mol. The zero-order valence-corrected chi connectivity index (χ0v) is 13.4. The van der Waals surface area contributed by atoms with Gasteiger partial charge in [-0.05, 0) is 31.1 Å². The van der Waals surface area contributed by atoms with Crippen molar-refractivity contribution >= 4 is 15.9 Å². The van der Waals surface area contributed by atoms with Crippen LogP contribution < -0.4 is 10.5 Å². The Morgan fingerprint density at radius 3 is 2.65 bits per heavy atom. The number of nitrogens with one attached hydrogen (secondary N) is 1. The molecule has 1 aliphatic heterocycles. The predicted molar refractivity (Wildman–Crippen MR) is 79.6 cm³/mol. The maximum Gasteiger partial charge on any atom is 0.239 e. The van der Waals surface area contributed by atoms with Gasteiger partial charge in [-0.2, -0.15) is 0 Å². The van der Waals surface area contributed by atoms with Gasteiger partial charge in [-0.1, -0.05) is 13.8 Å². The number of nitrogens with two attached hydrogens (primary N) is 1. The fraction of sp³-hybridized carbons (Fsp3) is 0.923. The summed E-state index contributed by atoms with van der Waals surface area (Å²) in [5, 5.41) is 0. The second-order valence-electron chi connectivity index (χ2n) is 6.15. The standard InChI is InChI=1S/C13H27N3O3S/c1-10(2)7-12(14)13(17)16-6-4-5-11(9-16)8-15-20(3,18)19/h10-12,15H,4-9,14H2,1-3H3. The highest BCUT2D eigenvalue weighted by Gasteiger charge is 2.27. The molecular weight excluding hydrogens is 278 g/mol. The predicted octanol–water partition coefficient (Wildman–Crippen LogP) is 0.148. The molecule has 1 fully saturated rings. The van der Waals surface area contributed by atoms with Crippen LogP contribution in [0, 0.1) is 11.8 Å². The van der Waals surface area contributed by atoms with Crippen LogP contribution in [0.3, 0.4) is 0 Å². The van der Waals surface area contributed by atoms with Crippen molar-refractivity contribution in [2.24, 2.45) is 17.6 Å². The van der Waals surface area contributed by atoms with Gasteiger partial charge < -0.3 is 10.6 Å². The minimum absolute atomic E-state index is 0.0113. The zero-order chi connectivity index (χ0) is 15.3. The van der Waals surface area contributed by atoms with E-state index in [9.17, 15) is 13.2 Å². The Kier molecular flexibility index (Phi) is 6.42. The first-order valence-corrected chi connectivity index (χ1v) is 9.07. The van der Waals surface area contributed by atoms with Crippen LogP contribution in [-0.4, -0.2) is 51.2 Å². The van der Waals surface area contributed by atoms with E-state index in [2.05, 4.69) is 4.72 Å². The van der Waals surface area contributed by atoms with E-state index in [4.69, 9.17) is 5.73 Å². The normalized spacial score (nSPS) is 22.1. The van der Waals surface area contributed by atoms with Crippen LogP contribution in [-0.2, 0) is 14.8 Å². The quantitative estimate of drug-likeness (QED) is 0.730. The molecule has 1 heterocycles. The van der Waals surface area contributed by atoms with E-state index >= 15 is 0 Å². The second-order valence-corrected chi connectivity index (χ2v) is 7.98. The van der Waals surface area contributed by atoms with E-state index in [1.165, 1.54) is 0 Å². The summed E-state index contributed by atoms with van der Waals surface area (Å²) in [6.07, 6.45) is 3.67. The number of sulfonamides is 1. The first kappa shape index (κ1) is 17.4. The molecular formula is C13H27N3O3S. The van der Waals surface area contributed by atoms with Gasteiger partial charge >= 0.3 is 0 Å². The number of piperidine rings is 1. The van der Waals surface area contributed by atoms with Crippen LogP contribution in [0.5, 0.6) is 0 Å². The molecule has 0 saturated carbocycles. The third-order valence-corrected chi connectivity index (χ3v) is 4.20. The van der Waals surface area contributed by atoms with E-state index in [1.54, 1.807) is 4.90 Å². The number of hydrogen-bond acceptors (Lipinski definition) is 4. The number of nitrogens with zero attached hydrogens (tertiary/aromatic N) is 1. The molecule has 3 N–H and O–H groups in total. The van der Waals surface area contributed by atoms with Gasteiger partial charge in [0.25, 0.3) is 0 Å². The Balaban J connectivity index is 2.49. The Bertz CT molecular complexity index is 423. The molecule has 0 aromatic heterocycles. The fourth-order valence-corrected chi connectivity index (χ4v) is 3.08. The summed E-state index contributed by atoms with van der Waals surface area (Å²) >= 11 is 0. The lowest BCUT2D eigenvalue weighted by Crippen LogP contribution is -2.49. The van der Waals surface area contributed by atoms with Crippen molar-refractivity contribution in [1.82, 2.24) is 9.62 Å². The molecule has 0 spiro atoms. The van der Waals surface area contributed by atoms with E-state index in [-0.39, 0.29) is 11.8 Å². The SMILES string of the molecule is CC(C)CC(N)C(=O)N1CCCC(CNS(C)(=O)=O)C1. The average molecular weight is 305 g/mol. The highest BCUT2D eigenvalue weighted by Crippen LogP contribution is 2.17. The summed E-state index contributed by atoms with van der Waals surface area (Å²) in [5.41, 5.74) is 5.93. The fourth-order valence-electron chi connectivity index (χ4n) is 2.54. The highest BCUT2D eigenvalue weighted by atomic mass is 32.2. The third kappa shape index (κ3) is 6.19. The molecule has 7 heteroatoms. The van der Waals surface area contributed by atoms with Crippen LogP contribution in [0.15, 0.2) is 0 Å². The molecule has 0 aromatic rings. The lowest BCUT2D eigenvalue weighted by atomic mass is 9.96. The van der Waals surface area contributed by atoms with Crippen LogP contribution in [0.4, 0.5) is 0 Å². The Labute approximate surface area is 122 Å². The number of carbonyl (C=O) groups excluding carboxylic acids is 1. The third-order valence-electron chi connectivity index (χ3n) is 3.51. The summed E-state index contributed by atoms with van der Waals surface area (Å²) in [4.78, 5) is 14.0. The van der Waals surface area contributed by atoms with Gasteiger partial charge in [0.15, 0.2) is 0 Å². The summed E-state index contributed by atoms with van der Waals surface area (Å²) in [5.74, 6) is 0.554. The van der Waals surface area contributed by atoms with Crippen molar-refractivity contribution < 1.29 is 13.2 Å². The van der Waals surface area contributed by atoms with Crippen molar-refractivity contribution in [3.8, 4) is 0 Å². The number of carbonyl (C=O) groups is 1. The van der Waals surface area contributed by atoms with Gasteiger partial charge in [0.1, 0.15) is 0 Å². The van der Waals surface area contributed by atoms with Crippen LogP contribution in [0.2, 0.25) is 0 Å². The Morgan fingerprint density at radius 2 is 2.10 bits per heavy atom. The molecule has 1 saturated heterocycles. The van der Waals surface area contributed by atoms with Crippen LogP contribution in [0.1, 0.15) is 33.1 Å². The average Bonchev–Trinajstić information content (AvgIpc) is 2.34. The number of amides is 1. The topological polar surface area (TPSA) is 92.5 Å². The molecule has 1 amide bonds. The van der Waals surface area contributed by atoms with Gasteiger partial charge in [-0.25, -0.2) is 13.1 Å². The van der Waals surface area contributed by atoms with Gasteiger partial charge in [0, 0.05) is 19.6 Å². The molecule has 0 aliphatic carbocycles. The van der Waals surface area contributed by atoms with E-state index < -0.39 is 16.1 Å². The largest absolute Gasteiger partial charge is 0.341 e. The van der Waals surface area contributed by atoms with E-state index in [1.807, 2.05) is 13.8 Å².